The Morgan fingerprint density at radius 3 is 2.57 bits per heavy atom. The topological polar surface area (TPSA) is 50.4 Å². The molecule has 0 atom stereocenters. The SMILES string of the molecule is COc1ccc(NC(=O)CNc2c(F)cccc2Cl)cc1. The van der Waals surface area contributed by atoms with Gasteiger partial charge in [0, 0.05) is 5.69 Å². The lowest BCUT2D eigenvalue weighted by Crippen LogP contribution is -2.22. The molecule has 0 saturated carbocycles. The van der Waals surface area contributed by atoms with E-state index >= 15 is 0 Å². The van der Waals surface area contributed by atoms with Crippen LogP contribution in [0.4, 0.5) is 15.8 Å². The van der Waals surface area contributed by atoms with Crippen molar-refractivity contribution in [2.45, 2.75) is 0 Å². The van der Waals surface area contributed by atoms with Gasteiger partial charge in [-0.1, -0.05) is 17.7 Å². The van der Waals surface area contributed by atoms with Gasteiger partial charge < -0.3 is 15.4 Å². The molecule has 2 aromatic carbocycles. The van der Waals surface area contributed by atoms with Crippen molar-refractivity contribution >= 4 is 28.9 Å². The fourth-order valence-corrected chi connectivity index (χ4v) is 1.94. The Labute approximate surface area is 126 Å². The molecule has 0 aliphatic heterocycles. The predicted molar refractivity (Wildman–Crippen MR) is 81.5 cm³/mol. The smallest absolute Gasteiger partial charge is 0.243 e. The van der Waals surface area contributed by atoms with Crippen LogP contribution in [0.25, 0.3) is 0 Å². The molecule has 110 valence electrons. The minimum absolute atomic E-state index is 0.0906. The normalized spacial score (nSPS) is 10.0. The standard InChI is InChI=1S/C15H14ClFN2O2/c1-21-11-7-5-10(6-8-11)19-14(20)9-18-15-12(16)3-2-4-13(15)17/h2-8,18H,9H2,1H3,(H,19,20). The van der Waals surface area contributed by atoms with E-state index in [2.05, 4.69) is 10.6 Å². The van der Waals surface area contributed by atoms with Gasteiger partial charge in [-0.2, -0.15) is 0 Å². The molecule has 2 aromatic rings. The van der Waals surface area contributed by atoms with Gasteiger partial charge in [-0.3, -0.25) is 4.79 Å². The summed E-state index contributed by atoms with van der Waals surface area (Å²) >= 11 is 5.86. The quantitative estimate of drug-likeness (QED) is 0.888. The Balaban J connectivity index is 1.92. The van der Waals surface area contributed by atoms with Crippen LogP contribution >= 0.6 is 11.6 Å². The molecule has 0 radical (unpaired) electrons. The summed E-state index contributed by atoms with van der Waals surface area (Å²) in [5, 5.41) is 5.59. The first kappa shape index (κ1) is 15.1. The Morgan fingerprint density at radius 2 is 1.95 bits per heavy atom. The number of anilines is 2. The average molecular weight is 309 g/mol. The van der Waals surface area contributed by atoms with Crippen molar-refractivity contribution in [3.8, 4) is 5.75 Å². The number of carbonyl (C=O) groups is 1. The maximum Gasteiger partial charge on any atom is 0.243 e. The van der Waals surface area contributed by atoms with Crippen LogP contribution in [0.5, 0.6) is 5.75 Å². The zero-order valence-corrected chi connectivity index (χ0v) is 12.1. The number of para-hydroxylation sites is 1. The number of nitrogens with one attached hydrogen (secondary N) is 2. The third kappa shape index (κ3) is 4.10. The Kier molecular flexibility index (Phi) is 5.00. The highest BCUT2D eigenvalue weighted by atomic mass is 35.5. The lowest BCUT2D eigenvalue weighted by Gasteiger charge is -2.10. The van der Waals surface area contributed by atoms with Crippen LogP contribution in [0.3, 0.4) is 0 Å². The molecule has 2 rings (SSSR count). The second-order valence-corrected chi connectivity index (χ2v) is 4.63. The summed E-state index contributed by atoms with van der Waals surface area (Å²) in [6, 6.07) is 11.2. The maximum atomic E-state index is 13.5. The van der Waals surface area contributed by atoms with Crippen molar-refractivity contribution in [3.05, 3.63) is 53.3 Å². The maximum absolute atomic E-state index is 13.5. The first-order valence-electron chi connectivity index (χ1n) is 6.22. The molecule has 4 nitrogen and oxygen atoms in total. The molecule has 1 amide bonds. The number of rotatable bonds is 5. The van der Waals surface area contributed by atoms with Gasteiger partial charge in [0.2, 0.25) is 5.91 Å². The molecule has 0 unspecified atom stereocenters. The number of ether oxygens (including phenoxy) is 1. The molecule has 0 spiro atoms. The third-order valence-electron chi connectivity index (χ3n) is 2.76. The zero-order chi connectivity index (χ0) is 15.2. The molecular weight excluding hydrogens is 295 g/mol. The van der Waals surface area contributed by atoms with E-state index in [0.29, 0.717) is 11.4 Å². The molecular formula is C15H14ClFN2O2. The fourth-order valence-electron chi connectivity index (χ4n) is 1.71. The van der Waals surface area contributed by atoms with E-state index in [1.165, 1.54) is 12.1 Å². The van der Waals surface area contributed by atoms with Gasteiger partial charge in [-0.15, -0.1) is 0 Å². The molecule has 6 heteroatoms. The van der Waals surface area contributed by atoms with Gasteiger partial charge in [-0.25, -0.2) is 4.39 Å². The summed E-state index contributed by atoms with van der Waals surface area (Å²) in [7, 11) is 1.57. The van der Waals surface area contributed by atoms with E-state index in [1.807, 2.05) is 0 Å². The Hall–Kier alpha value is -2.27. The van der Waals surface area contributed by atoms with E-state index in [0.717, 1.165) is 0 Å². The van der Waals surface area contributed by atoms with Crippen LogP contribution in [0, 0.1) is 5.82 Å². The third-order valence-corrected chi connectivity index (χ3v) is 3.08. The number of benzene rings is 2. The van der Waals surface area contributed by atoms with Crippen LogP contribution < -0.4 is 15.4 Å². The predicted octanol–water partition coefficient (Wildman–Crippen LogP) is 3.54. The van der Waals surface area contributed by atoms with Gasteiger partial charge in [0.1, 0.15) is 11.6 Å². The summed E-state index contributed by atoms with van der Waals surface area (Å²) in [6.45, 7) is -0.0906. The first-order valence-corrected chi connectivity index (χ1v) is 6.59. The number of methoxy groups -OCH3 is 1. The monoisotopic (exact) mass is 308 g/mol. The van der Waals surface area contributed by atoms with Crippen molar-refractivity contribution in [1.82, 2.24) is 0 Å². The molecule has 2 N–H and O–H groups in total. The van der Waals surface area contributed by atoms with Gasteiger partial charge in [0.15, 0.2) is 0 Å². The molecule has 0 aromatic heterocycles. The lowest BCUT2D eigenvalue weighted by atomic mass is 10.3. The van der Waals surface area contributed by atoms with Crippen molar-refractivity contribution in [2.75, 3.05) is 24.3 Å². The van der Waals surface area contributed by atoms with Crippen LogP contribution in [-0.2, 0) is 4.79 Å². The number of hydrogen-bond donors (Lipinski definition) is 2. The van der Waals surface area contributed by atoms with E-state index in [4.69, 9.17) is 16.3 Å². The van der Waals surface area contributed by atoms with Crippen molar-refractivity contribution in [2.24, 2.45) is 0 Å². The average Bonchev–Trinajstić information content (AvgIpc) is 2.47. The minimum Gasteiger partial charge on any atom is -0.497 e. The molecule has 0 heterocycles. The second-order valence-electron chi connectivity index (χ2n) is 4.23. The molecule has 0 bridgehead atoms. The van der Waals surface area contributed by atoms with Crippen LogP contribution in [0.2, 0.25) is 5.02 Å². The molecule has 0 aliphatic rings. The first-order chi connectivity index (χ1) is 10.1. The molecule has 0 saturated heterocycles. The summed E-state index contributed by atoms with van der Waals surface area (Å²) < 4.78 is 18.5. The number of carbonyl (C=O) groups excluding carboxylic acids is 1. The largest absolute Gasteiger partial charge is 0.497 e. The highest BCUT2D eigenvalue weighted by Crippen LogP contribution is 2.24. The number of amides is 1. The number of halogens is 2. The Bertz CT molecular complexity index is 612. The summed E-state index contributed by atoms with van der Waals surface area (Å²) in [4.78, 5) is 11.8. The van der Waals surface area contributed by atoms with Crippen LogP contribution in [-0.4, -0.2) is 19.6 Å². The Morgan fingerprint density at radius 1 is 1.24 bits per heavy atom. The minimum atomic E-state index is -0.500. The van der Waals surface area contributed by atoms with Gasteiger partial charge >= 0.3 is 0 Å². The summed E-state index contributed by atoms with van der Waals surface area (Å²) in [5.74, 6) is -0.108. The summed E-state index contributed by atoms with van der Waals surface area (Å²) in [6.07, 6.45) is 0. The van der Waals surface area contributed by atoms with Crippen molar-refractivity contribution in [3.63, 3.8) is 0 Å². The van der Waals surface area contributed by atoms with E-state index in [-0.39, 0.29) is 23.2 Å². The molecule has 21 heavy (non-hydrogen) atoms. The zero-order valence-electron chi connectivity index (χ0n) is 11.3. The van der Waals surface area contributed by atoms with Crippen molar-refractivity contribution in [1.29, 1.82) is 0 Å². The molecule has 0 fully saturated rings. The van der Waals surface area contributed by atoms with Gasteiger partial charge in [0.25, 0.3) is 0 Å². The highest BCUT2D eigenvalue weighted by Gasteiger charge is 2.08. The van der Waals surface area contributed by atoms with E-state index in [1.54, 1.807) is 37.4 Å². The van der Waals surface area contributed by atoms with E-state index in [9.17, 15) is 9.18 Å². The number of hydrogen-bond acceptors (Lipinski definition) is 3. The van der Waals surface area contributed by atoms with E-state index < -0.39 is 5.82 Å². The lowest BCUT2D eigenvalue weighted by molar-refractivity contribution is -0.114. The van der Waals surface area contributed by atoms with Gasteiger partial charge in [0.05, 0.1) is 24.4 Å². The summed E-state index contributed by atoms with van der Waals surface area (Å²) in [5.41, 5.74) is 0.742. The van der Waals surface area contributed by atoms with Gasteiger partial charge in [-0.05, 0) is 36.4 Å². The fraction of sp³-hybridized carbons (Fsp3) is 0.133. The van der Waals surface area contributed by atoms with Crippen LogP contribution in [0.1, 0.15) is 0 Å². The second kappa shape index (κ2) is 6.95. The highest BCUT2D eigenvalue weighted by molar-refractivity contribution is 6.33. The van der Waals surface area contributed by atoms with Crippen molar-refractivity contribution < 1.29 is 13.9 Å². The van der Waals surface area contributed by atoms with Crippen LogP contribution in [0.15, 0.2) is 42.5 Å². The molecule has 0 aliphatic carbocycles.